The van der Waals surface area contributed by atoms with E-state index in [1.165, 1.54) is 23.5 Å². The molecule has 2 heterocycles. The fourth-order valence-corrected chi connectivity index (χ4v) is 4.16. The zero-order valence-corrected chi connectivity index (χ0v) is 27.2. The van der Waals surface area contributed by atoms with E-state index in [2.05, 4.69) is 27.7 Å². The van der Waals surface area contributed by atoms with E-state index in [0.29, 0.717) is 30.0 Å². The molecule has 2 aromatic carbocycles. The highest BCUT2D eigenvalue weighted by Crippen LogP contribution is 2.30. The average molecular weight is 637 g/mol. The molecular weight excluding hydrogens is 597 g/mol. The Balaban J connectivity index is 0.000000342. The fraction of sp³-hybridized carbons (Fsp3) is 0.333. The Bertz CT molecular complexity index is 1400. The fourth-order valence-electron chi connectivity index (χ4n) is 3.91. The minimum absolute atomic E-state index is 0. The maximum Gasteiger partial charge on any atom is 0.339 e. The third-order valence-electron chi connectivity index (χ3n) is 6.99. The van der Waals surface area contributed by atoms with Gasteiger partial charge >= 0.3 is 5.97 Å². The maximum absolute atomic E-state index is 12.2. The van der Waals surface area contributed by atoms with Gasteiger partial charge < -0.3 is 19.7 Å². The number of carboxylic acid groups (broad SMARTS) is 1. The monoisotopic (exact) mass is 635 g/mol. The van der Waals surface area contributed by atoms with Crippen LogP contribution in [0.5, 0.6) is 0 Å². The van der Waals surface area contributed by atoms with Crippen LogP contribution < -0.4 is 5.73 Å². The zero-order valence-electron chi connectivity index (χ0n) is 24.9. The molecule has 0 amide bonds. The van der Waals surface area contributed by atoms with Gasteiger partial charge in [0.15, 0.2) is 5.78 Å². The first-order valence-corrected chi connectivity index (χ1v) is 14.0. The van der Waals surface area contributed by atoms with E-state index in [1.807, 2.05) is 55.5 Å². The molecule has 0 atom stereocenters. The van der Waals surface area contributed by atoms with Gasteiger partial charge in [0, 0.05) is 28.4 Å². The van der Waals surface area contributed by atoms with E-state index < -0.39 is 5.97 Å². The predicted octanol–water partition coefficient (Wildman–Crippen LogP) is 9.47. The number of Topliss-reactive ketones (excluding diaryl/α,β-unsaturated/α-hetero) is 1. The number of rotatable bonds is 8. The van der Waals surface area contributed by atoms with Gasteiger partial charge in [-0.15, -0.1) is 12.4 Å². The molecule has 0 aliphatic rings. The second-order valence-electron chi connectivity index (χ2n) is 11.0. The van der Waals surface area contributed by atoms with E-state index in [1.54, 1.807) is 19.3 Å². The molecule has 42 heavy (non-hydrogen) atoms. The van der Waals surface area contributed by atoms with E-state index in [-0.39, 0.29) is 34.6 Å². The predicted molar refractivity (Wildman–Crippen MR) is 173 cm³/mol. The van der Waals surface area contributed by atoms with E-state index in [9.17, 15) is 9.59 Å². The molecule has 0 saturated heterocycles. The standard InChI is InChI=1S/C17H19ClO2.C10H14ClN.C6H6O3.ClH/c1-12-15(9-11-20-12)16(19)8-10-17(2,3)13-4-6-14(18)7-5-13;1-10(2,7-12)8-3-5-9(11)6-4-8;1-4-5(6(7)8)2-3-9-4;/h4-7,9,11H,8,10H2,1-3H3;3-6H,7,12H2,1-2H3;2-3H,1H3,(H,7,8);1H. The van der Waals surface area contributed by atoms with Crippen LogP contribution in [0.1, 0.15) is 83.9 Å². The number of benzene rings is 2. The highest BCUT2D eigenvalue weighted by molar-refractivity contribution is 6.30. The highest BCUT2D eigenvalue weighted by Gasteiger charge is 2.23. The van der Waals surface area contributed by atoms with Crippen molar-refractivity contribution in [1.29, 1.82) is 0 Å². The molecule has 0 radical (unpaired) electrons. The molecule has 4 aromatic rings. The lowest BCUT2D eigenvalue weighted by molar-refractivity contribution is 0.0694. The van der Waals surface area contributed by atoms with Crippen LogP contribution in [0.15, 0.2) is 82.0 Å². The molecule has 0 unspecified atom stereocenters. The van der Waals surface area contributed by atoms with Gasteiger partial charge in [-0.25, -0.2) is 4.79 Å². The van der Waals surface area contributed by atoms with Crippen LogP contribution in [0.25, 0.3) is 0 Å². The Hall–Kier alpha value is -3.03. The summed E-state index contributed by atoms with van der Waals surface area (Å²) in [5.41, 5.74) is 8.98. The number of hydrogen-bond donors (Lipinski definition) is 2. The van der Waals surface area contributed by atoms with Crippen molar-refractivity contribution in [3.05, 3.63) is 117 Å². The summed E-state index contributed by atoms with van der Waals surface area (Å²) in [4.78, 5) is 22.4. The van der Waals surface area contributed by atoms with Gasteiger partial charge in [0.25, 0.3) is 0 Å². The zero-order chi connectivity index (χ0) is 30.8. The first kappa shape index (κ1) is 37.0. The van der Waals surface area contributed by atoms with Crippen LogP contribution in [0, 0.1) is 13.8 Å². The van der Waals surface area contributed by atoms with Gasteiger partial charge in [0.05, 0.1) is 18.1 Å². The quantitative estimate of drug-likeness (QED) is 0.187. The minimum atomic E-state index is -0.943. The molecular formula is C33H40Cl3NO5. The summed E-state index contributed by atoms with van der Waals surface area (Å²) in [6.07, 6.45) is 4.22. The number of hydrogen-bond acceptors (Lipinski definition) is 5. The third-order valence-corrected chi connectivity index (χ3v) is 7.49. The van der Waals surface area contributed by atoms with Gasteiger partial charge in [-0.3, -0.25) is 4.79 Å². The van der Waals surface area contributed by atoms with Crippen LogP contribution in [-0.2, 0) is 10.8 Å². The summed E-state index contributed by atoms with van der Waals surface area (Å²) in [5, 5.41) is 9.90. The molecule has 0 spiro atoms. The van der Waals surface area contributed by atoms with E-state index in [4.69, 9.17) is 42.9 Å². The summed E-state index contributed by atoms with van der Waals surface area (Å²) in [6.45, 7) is 12.6. The van der Waals surface area contributed by atoms with Gasteiger partial charge in [0.1, 0.15) is 17.1 Å². The molecule has 3 N–H and O–H groups in total. The Labute approximate surface area is 264 Å². The largest absolute Gasteiger partial charge is 0.478 e. The molecule has 6 nitrogen and oxygen atoms in total. The first-order chi connectivity index (χ1) is 19.2. The molecule has 0 bridgehead atoms. The topological polar surface area (TPSA) is 107 Å². The normalized spacial score (nSPS) is 10.9. The molecule has 4 rings (SSSR count). The Kier molecular flexibility index (Phi) is 14.6. The van der Waals surface area contributed by atoms with Crippen LogP contribution in [0.4, 0.5) is 0 Å². The van der Waals surface area contributed by atoms with Crippen molar-refractivity contribution in [3.63, 3.8) is 0 Å². The number of ketones is 1. The smallest absolute Gasteiger partial charge is 0.339 e. The van der Waals surface area contributed by atoms with E-state index in [0.717, 1.165) is 16.5 Å². The Morgan fingerprint density at radius 3 is 1.48 bits per heavy atom. The molecule has 0 fully saturated rings. The Morgan fingerprint density at radius 2 is 1.14 bits per heavy atom. The van der Waals surface area contributed by atoms with Crippen molar-refractivity contribution in [2.24, 2.45) is 5.73 Å². The average Bonchev–Trinajstić information content (AvgIpc) is 3.56. The number of halogens is 3. The minimum Gasteiger partial charge on any atom is -0.478 e. The summed E-state index contributed by atoms with van der Waals surface area (Å²) >= 11 is 11.7. The maximum atomic E-state index is 12.2. The van der Waals surface area contributed by atoms with Crippen LogP contribution in [-0.4, -0.2) is 23.4 Å². The van der Waals surface area contributed by atoms with Crippen molar-refractivity contribution < 1.29 is 23.5 Å². The molecule has 0 aliphatic carbocycles. The van der Waals surface area contributed by atoms with E-state index >= 15 is 0 Å². The van der Waals surface area contributed by atoms with Gasteiger partial charge in [0.2, 0.25) is 0 Å². The first-order valence-electron chi connectivity index (χ1n) is 13.2. The lowest BCUT2D eigenvalue weighted by Gasteiger charge is -2.25. The van der Waals surface area contributed by atoms with Crippen molar-refractivity contribution in [2.75, 3.05) is 6.54 Å². The third kappa shape index (κ3) is 11.0. The summed E-state index contributed by atoms with van der Waals surface area (Å²) < 4.78 is 9.92. The van der Waals surface area contributed by atoms with Crippen molar-refractivity contribution >= 4 is 47.4 Å². The van der Waals surface area contributed by atoms with Gasteiger partial charge in [-0.1, -0.05) is 75.2 Å². The molecule has 9 heteroatoms. The molecule has 0 aliphatic heterocycles. The SMILES string of the molecule is CC(C)(CN)c1ccc(Cl)cc1.Cc1occc1C(=O)CCC(C)(C)c1ccc(Cl)cc1.Cc1occc1C(=O)O.Cl. The second kappa shape index (κ2) is 16.6. The number of furan rings is 2. The number of aromatic carboxylic acids is 1. The van der Waals surface area contributed by atoms with Gasteiger partial charge in [-0.05, 0) is 73.2 Å². The summed E-state index contributed by atoms with van der Waals surface area (Å²) in [5.74, 6) is 0.335. The number of nitrogens with two attached hydrogens (primary N) is 1. The summed E-state index contributed by atoms with van der Waals surface area (Å²) in [6, 6.07) is 18.8. The van der Waals surface area contributed by atoms with Crippen molar-refractivity contribution in [3.8, 4) is 0 Å². The number of carboxylic acids is 1. The second-order valence-corrected chi connectivity index (χ2v) is 11.9. The van der Waals surface area contributed by atoms with Crippen molar-refractivity contribution in [2.45, 2.75) is 65.2 Å². The molecule has 2 aromatic heterocycles. The lowest BCUT2D eigenvalue weighted by Crippen LogP contribution is -2.27. The Morgan fingerprint density at radius 1 is 0.738 bits per heavy atom. The molecule has 228 valence electrons. The molecule has 0 saturated carbocycles. The van der Waals surface area contributed by atoms with Gasteiger partial charge in [-0.2, -0.15) is 0 Å². The van der Waals surface area contributed by atoms with Crippen LogP contribution >= 0.6 is 35.6 Å². The lowest BCUT2D eigenvalue weighted by atomic mass is 9.79. The number of aryl methyl sites for hydroxylation is 2. The number of carbonyl (C=O) groups is 2. The number of carbonyl (C=O) groups excluding carboxylic acids is 1. The van der Waals surface area contributed by atoms with Crippen molar-refractivity contribution in [1.82, 2.24) is 0 Å². The van der Waals surface area contributed by atoms with Crippen LogP contribution in [0.3, 0.4) is 0 Å². The van der Waals surface area contributed by atoms with Crippen LogP contribution in [0.2, 0.25) is 10.0 Å². The highest BCUT2D eigenvalue weighted by atomic mass is 35.5. The summed E-state index contributed by atoms with van der Waals surface area (Å²) in [7, 11) is 0.